The maximum Gasteiger partial charge on any atom is 0.283 e. The van der Waals surface area contributed by atoms with Crippen molar-refractivity contribution < 1.29 is 19.0 Å². The molecule has 0 atom stereocenters. The number of methoxy groups -OCH3 is 2. The van der Waals surface area contributed by atoms with Crippen LogP contribution in [0.4, 0.5) is 0 Å². The Morgan fingerprint density at radius 2 is 2.04 bits per heavy atom. The smallest absolute Gasteiger partial charge is 0.283 e. The highest BCUT2D eigenvalue weighted by Crippen LogP contribution is 2.28. The predicted molar refractivity (Wildman–Crippen MR) is 109 cm³/mol. The Labute approximate surface area is 167 Å². The molecule has 0 bridgehead atoms. The first-order valence-corrected chi connectivity index (χ1v) is 9.44. The van der Waals surface area contributed by atoms with Crippen LogP contribution in [0.1, 0.15) is 17.3 Å². The van der Waals surface area contributed by atoms with E-state index in [4.69, 9.17) is 20.6 Å². The minimum absolute atomic E-state index is 0.274. The number of rotatable bonds is 6. The van der Waals surface area contributed by atoms with Crippen LogP contribution in [0.3, 0.4) is 0 Å². The minimum Gasteiger partial charge on any atom is -0.497 e. The van der Waals surface area contributed by atoms with Gasteiger partial charge in [-0.25, -0.2) is 0 Å². The van der Waals surface area contributed by atoms with E-state index in [1.807, 2.05) is 29.7 Å². The van der Waals surface area contributed by atoms with E-state index in [1.54, 1.807) is 25.3 Å². The Kier molecular flexibility index (Phi) is 6.02. The average Bonchev–Trinajstić information content (AvgIpc) is 3.06. The van der Waals surface area contributed by atoms with Gasteiger partial charge in [-0.15, -0.1) is 6.42 Å². The van der Waals surface area contributed by atoms with E-state index in [-0.39, 0.29) is 6.54 Å². The quantitative estimate of drug-likeness (QED) is 0.599. The summed E-state index contributed by atoms with van der Waals surface area (Å²) >= 11 is 1.38. The van der Waals surface area contributed by atoms with Gasteiger partial charge in [0, 0.05) is 6.07 Å². The molecule has 3 aromatic rings. The van der Waals surface area contributed by atoms with Gasteiger partial charge in [0.1, 0.15) is 22.8 Å². The molecule has 1 aromatic heterocycles. The maximum absolute atomic E-state index is 12.9. The summed E-state index contributed by atoms with van der Waals surface area (Å²) in [6.45, 7) is 2.72. The van der Waals surface area contributed by atoms with Crippen LogP contribution >= 0.6 is 11.3 Å². The first-order chi connectivity index (χ1) is 13.6. The van der Waals surface area contributed by atoms with Gasteiger partial charge >= 0.3 is 0 Å². The van der Waals surface area contributed by atoms with E-state index in [2.05, 4.69) is 10.9 Å². The molecule has 0 aliphatic carbocycles. The molecule has 0 fully saturated rings. The van der Waals surface area contributed by atoms with Gasteiger partial charge < -0.3 is 18.8 Å². The molecule has 0 saturated heterocycles. The van der Waals surface area contributed by atoms with E-state index in [0.29, 0.717) is 34.2 Å². The van der Waals surface area contributed by atoms with Crippen molar-refractivity contribution in [3.63, 3.8) is 0 Å². The summed E-state index contributed by atoms with van der Waals surface area (Å²) in [7, 11) is 3.05. The molecule has 6 nitrogen and oxygen atoms in total. The highest BCUT2D eigenvalue weighted by atomic mass is 32.1. The Hall–Kier alpha value is -3.24. The van der Waals surface area contributed by atoms with Gasteiger partial charge in [0.2, 0.25) is 0 Å². The number of amides is 1. The van der Waals surface area contributed by atoms with Crippen LogP contribution in [0, 0.1) is 12.3 Å². The van der Waals surface area contributed by atoms with Crippen molar-refractivity contribution in [2.24, 2.45) is 4.99 Å². The summed E-state index contributed by atoms with van der Waals surface area (Å²) in [5, 5.41) is 0. The molecule has 0 unspecified atom stereocenters. The lowest BCUT2D eigenvalue weighted by atomic mass is 10.2. The number of carbonyl (C=O) groups is 1. The van der Waals surface area contributed by atoms with Crippen LogP contribution in [-0.4, -0.2) is 31.3 Å². The molecule has 1 heterocycles. The van der Waals surface area contributed by atoms with Gasteiger partial charge in [0.15, 0.2) is 4.80 Å². The fourth-order valence-corrected chi connectivity index (χ4v) is 3.86. The highest BCUT2D eigenvalue weighted by molar-refractivity contribution is 7.16. The number of para-hydroxylation sites is 1. The molecular weight excluding hydrogens is 376 g/mol. The monoisotopic (exact) mass is 396 g/mol. The van der Waals surface area contributed by atoms with E-state index in [9.17, 15) is 4.79 Å². The Bertz CT molecular complexity index is 1120. The Morgan fingerprint density at radius 1 is 1.21 bits per heavy atom. The third-order valence-electron chi connectivity index (χ3n) is 4.05. The number of aromatic nitrogens is 1. The second kappa shape index (κ2) is 8.63. The number of thiazole rings is 1. The van der Waals surface area contributed by atoms with Crippen LogP contribution in [0.15, 0.2) is 41.4 Å². The SMILES string of the molecule is C#CCn1c(=NC(=O)c2ccc(OC)cc2OC)sc2cccc(OCC)c21. The van der Waals surface area contributed by atoms with E-state index in [0.717, 1.165) is 10.2 Å². The van der Waals surface area contributed by atoms with Crippen LogP contribution in [0.25, 0.3) is 10.2 Å². The largest absolute Gasteiger partial charge is 0.497 e. The topological polar surface area (TPSA) is 62.1 Å². The molecule has 3 rings (SSSR count). The zero-order valence-corrected chi connectivity index (χ0v) is 16.7. The van der Waals surface area contributed by atoms with Crippen molar-refractivity contribution in [3.8, 4) is 29.6 Å². The lowest BCUT2D eigenvalue weighted by molar-refractivity contribution is 0.0995. The van der Waals surface area contributed by atoms with Gasteiger partial charge in [-0.05, 0) is 31.2 Å². The number of hydrogen-bond donors (Lipinski definition) is 0. The van der Waals surface area contributed by atoms with Crippen LogP contribution < -0.4 is 19.0 Å². The standard InChI is InChI=1S/C21H20N2O4S/c1-5-12-23-19-16(27-6-2)8-7-9-18(19)28-21(23)22-20(24)15-11-10-14(25-3)13-17(15)26-4/h1,7-11,13H,6,12H2,2-4H3. The first-order valence-electron chi connectivity index (χ1n) is 8.62. The number of fused-ring (bicyclic) bond motifs is 1. The molecule has 28 heavy (non-hydrogen) atoms. The summed E-state index contributed by atoms with van der Waals surface area (Å²) in [6.07, 6.45) is 5.56. The number of hydrogen-bond acceptors (Lipinski definition) is 5. The summed E-state index contributed by atoms with van der Waals surface area (Å²) in [5.41, 5.74) is 1.18. The lowest BCUT2D eigenvalue weighted by Gasteiger charge is -2.08. The number of ether oxygens (including phenoxy) is 3. The molecule has 0 aliphatic rings. The van der Waals surface area contributed by atoms with Gasteiger partial charge in [-0.3, -0.25) is 4.79 Å². The van der Waals surface area contributed by atoms with E-state index in [1.165, 1.54) is 18.4 Å². The summed E-state index contributed by atoms with van der Waals surface area (Å²) < 4.78 is 19.0. The van der Waals surface area contributed by atoms with Crippen LogP contribution in [-0.2, 0) is 6.54 Å². The molecule has 0 radical (unpaired) electrons. The Morgan fingerprint density at radius 3 is 2.71 bits per heavy atom. The molecule has 2 aromatic carbocycles. The molecule has 0 spiro atoms. The summed E-state index contributed by atoms with van der Waals surface area (Å²) in [4.78, 5) is 17.7. The third kappa shape index (κ3) is 3.73. The highest BCUT2D eigenvalue weighted by Gasteiger charge is 2.15. The normalized spacial score (nSPS) is 11.3. The van der Waals surface area contributed by atoms with Gasteiger partial charge in [-0.2, -0.15) is 4.99 Å². The number of terminal acetylenes is 1. The summed E-state index contributed by atoms with van der Waals surface area (Å²) in [5.74, 6) is 3.91. The number of benzene rings is 2. The van der Waals surface area contributed by atoms with Gasteiger partial charge in [0.25, 0.3) is 5.91 Å². The van der Waals surface area contributed by atoms with Crippen molar-refractivity contribution >= 4 is 27.5 Å². The van der Waals surface area contributed by atoms with Crippen molar-refractivity contribution in [2.45, 2.75) is 13.5 Å². The van der Waals surface area contributed by atoms with Gasteiger partial charge in [-0.1, -0.05) is 23.3 Å². The molecule has 0 aliphatic heterocycles. The number of nitrogens with zero attached hydrogens (tertiary/aromatic N) is 2. The van der Waals surface area contributed by atoms with E-state index < -0.39 is 5.91 Å². The zero-order valence-electron chi connectivity index (χ0n) is 15.9. The minimum atomic E-state index is -0.421. The fraction of sp³-hybridized carbons (Fsp3) is 0.238. The zero-order chi connectivity index (χ0) is 20.1. The van der Waals surface area contributed by atoms with Crippen molar-refractivity contribution in [2.75, 3.05) is 20.8 Å². The predicted octanol–water partition coefficient (Wildman–Crippen LogP) is 3.49. The average molecular weight is 396 g/mol. The van der Waals surface area contributed by atoms with Crippen LogP contribution in [0.5, 0.6) is 17.2 Å². The van der Waals surface area contributed by atoms with Crippen molar-refractivity contribution in [1.82, 2.24) is 4.57 Å². The molecule has 144 valence electrons. The maximum atomic E-state index is 12.9. The second-order valence-electron chi connectivity index (χ2n) is 5.69. The lowest BCUT2D eigenvalue weighted by Crippen LogP contribution is -2.17. The van der Waals surface area contributed by atoms with Crippen molar-refractivity contribution in [3.05, 3.63) is 46.8 Å². The van der Waals surface area contributed by atoms with Crippen LogP contribution in [0.2, 0.25) is 0 Å². The summed E-state index contributed by atoms with van der Waals surface area (Å²) in [6, 6.07) is 10.7. The molecular formula is C21H20N2O4S. The molecule has 0 N–H and O–H groups in total. The third-order valence-corrected chi connectivity index (χ3v) is 5.09. The van der Waals surface area contributed by atoms with Crippen molar-refractivity contribution in [1.29, 1.82) is 0 Å². The molecule has 7 heteroatoms. The second-order valence-corrected chi connectivity index (χ2v) is 6.70. The fourth-order valence-electron chi connectivity index (χ4n) is 2.82. The van der Waals surface area contributed by atoms with E-state index >= 15 is 0 Å². The number of carbonyl (C=O) groups excluding carboxylic acids is 1. The first kappa shape index (κ1) is 19.5. The van der Waals surface area contributed by atoms with Gasteiger partial charge in [0.05, 0.1) is 37.6 Å². The molecule has 1 amide bonds. The Balaban J connectivity index is 2.16. The molecule has 0 saturated carbocycles.